The second kappa shape index (κ2) is 7.61. The first-order valence-corrected chi connectivity index (χ1v) is 10.2. The maximum Gasteiger partial charge on any atom is 0.331 e. The van der Waals surface area contributed by atoms with E-state index in [-0.39, 0.29) is 17.5 Å². The lowest BCUT2D eigenvalue weighted by atomic mass is 10.2. The number of hydrogen-bond acceptors (Lipinski definition) is 6. The number of esters is 1. The number of sulfone groups is 1. The van der Waals surface area contributed by atoms with E-state index in [0.29, 0.717) is 6.42 Å². The predicted octanol–water partition coefficient (Wildman–Crippen LogP) is 0.627. The summed E-state index contributed by atoms with van der Waals surface area (Å²) >= 11 is 0. The third kappa shape index (κ3) is 4.51. The zero-order valence-corrected chi connectivity index (χ0v) is 16.5. The Morgan fingerprint density at radius 2 is 2.04 bits per heavy atom. The van der Waals surface area contributed by atoms with E-state index >= 15 is 0 Å². The molecule has 0 radical (unpaired) electrons. The maximum atomic E-state index is 12.4. The molecule has 0 unspecified atom stereocenters. The highest BCUT2D eigenvalue weighted by molar-refractivity contribution is 7.91. The van der Waals surface area contributed by atoms with E-state index in [1.165, 1.54) is 24.9 Å². The molecule has 144 valence electrons. The smallest absolute Gasteiger partial charge is 0.331 e. The van der Waals surface area contributed by atoms with E-state index < -0.39 is 27.8 Å². The van der Waals surface area contributed by atoms with Crippen LogP contribution in [0.4, 0.5) is 0 Å². The first kappa shape index (κ1) is 20.2. The molecule has 2 rings (SSSR count). The Kier molecular flexibility index (Phi) is 5.90. The van der Waals surface area contributed by atoms with Gasteiger partial charge in [-0.3, -0.25) is 9.48 Å². The molecule has 1 aliphatic rings. The molecule has 1 aromatic heterocycles. The van der Waals surface area contributed by atoms with Crippen molar-refractivity contribution in [2.75, 3.05) is 18.6 Å². The second-order valence-electron chi connectivity index (χ2n) is 6.63. The zero-order chi connectivity index (χ0) is 19.6. The van der Waals surface area contributed by atoms with Crippen LogP contribution in [0.15, 0.2) is 6.08 Å². The van der Waals surface area contributed by atoms with Crippen LogP contribution in [0, 0.1) is 13.8 Å². The molecule has 0 saturated carbocycles. The molecule has 26 heavy (non-hydrogen) atoms. The van der Waals surface area contributed by atoms with Gasteiger partial charge in [0.05, 0.1) is 17.2 Å². The highest BCUT2D eigenvalue weighted by Crippen LogP contribution is 2.18. The predicted molar refractivity (Wildman–Crippen MR) is 97.1 cm³/mol. The number of ether oxygens (including phenoxy) is 1. The molecule has 8 nitrogen and oxygen atoms in total. The van der Waals surface area contributed by atoms with Gasteiger partial charge in [0.25, 0.3) is 5.91 Å². The van der Waals surface area contributed by atoms with Crippen LogP contribution in [0.1, 0.15) is 30.3 Å². The van der Waals surface area contributed by atoms with Crippen LogP contribution in [-0.4, -0.2) is 65.7 Å². The average molecular weight is 383 g/mol. The number of likely N-dealkylation sites (N-methyl/N-ethyl adjacent to an activating group) is 1. The Morgan fingerprint density at radius 3 is 2.54 bits per heavy atom. The maximum absolute atomic E-state index is 12.4. The molecule has 1 saturated heterocycles. The molecular weight excluding hydrogens is 358 g/mol. The highest BCUT2D eigenvalue weighted by Gasteiger charge is 2.34. The van der Waals surface area contributed by atoms with Gasteiger partial charge in [-0.1, -0.05) is 0 Å². The summed E-state index contributed by atoms with van der Waals surface area (Å²) in [4.78, 5) is 25.7. The number of aryl methyl sites for hydroxylation is 2. The Labute approximate surface area is 153 Å². The van der Waals surface area contributed by atoms with Crippen molar-refractivity contribution < 1.29 is 22.7 Å². The van der Waals surface area contributed by atoms with E-state index in [1.54, 1.807) is 10.8 Å². The number of amides is 1. The summed E-state index contributed by atoms with van der Waals surface area (Å²) in [5.41, 5.74) is 2.54. The van der Waals surface area contributed by atoms with Gasteiger partial charge in [0.2, 0.25) is 0 Å². The minimum Gasteiger partial charge on any atom is -0.449 e. The molecule has 1 fully saturated rings. The van der Waals surface area contributed by atoms with Gasteiger partial charge < -0.3 is 9.64 Å². The van der Waals surface area contributed by atoms with Crippen LogP contribution in [0.5, 0.6) is 0 Å². The van der Waals surface area contributed by atoms with Gasteiger partial charge in [-0.15, -0.1) is 0 Å². The number of carbonyl (C=O) groups excluding carboxylic acids is 2. The van der Waals surface area contributed by atoms with E-state index in [0.717, 1.165) is 17.0 Å². The van der Waals surface area contributed by atoms with Crippen LogP contribution in [-0.2, 0) is 31.2 Å². The zero-order valence-electron chi connectivity index (χ0n) is 15.7. The molecule has 0 aromatic carbocycles. The minimum atomic E-state index is -3.09. The number of nitrogens with zero attached hydrogens (tertiary/aromatic N) is 3. The molecule has 0 aliphatic carbocycles. The molecule has 1 aromatic rings. The van der Waals surface area contributed by atoms with Crippen molar-refractivity contribution in [3.8, 4) is 0 Å². The lowest BCUT2D eigenvalue weighted by Gasteiger charge is -2.26. The van der Waals surface area contributed by atoms with Gasteiger partial charge in [-0.05, 0) is 33.3 Å². The van der Waals surface area contributed by atoms with Crippen molar-refractivity contribution in [3.63, 3.8) is 0 Å². The van der Waals surface area contributed by atoms with Gasteiger partial charge in [-0.25, -0.2) is 13.2 Å². The minimum absolute atomic E-state index is 0.0463. The molecule has 0 N–H and O–H groups in total. The normalized spacial score (nSPS) is 20.3. The van der Waals surface area contributed by atoms with Crippen molar-refractivity contribution in [2.45, 2.75) is 39.3 Å². The number of carbonyl (C=O) groups is 2. The topological polar surface area (TPSA) is 98.6 Å². The van der Waals surface area contributed by atoms with Crippen molar-refractivity contribution >= 4 is 27.8 Å². The van der Waals surface area contributed by atoms with Gasteiger partial charge in [-0.2, -0.15) is 5.10 Å². The van der Waals surface area contributed by atoms with Crippen LogP contribution < -0.4 is 0 Å². The van der Waals surface area contributed by atoms with E-state index in [4.69, 9.17) is 4.74 Å². The summed E-state index contributed by atoms with van der Waals surface area (Å²) in [5.74, 6) is -1.02. The third-order valence-electron chi connectivity index (χ3n) is 4.70. The van der Waals surface area contributed by atoms with Crippen molar-refractivity contribution in [3.05, 3.63) is 23.0 Å². The summed E-state index contributed by atoms with van der Waals surface area (Å²) in [6.45, 7) is 5.21. The molecular formula is C17H25N3O5S. The quantitative estimate of drug-likeness (QED) is 0.546. The Bertz CT molecular complexity index is 841. The fraction of sp³-hybridized carbons (Fsp3) is 0.588. The number of hydrogen-bond donors (Lipinski definition) is 0. The highest BCUT2D eigenvalue weighted by atomic mass is 32.2. The average Bonchev–Trinajstić information content (AvgIpc) is 3.03. The first-order chi connectivity index (χ1) is 12.0. The van der Waals surface area contributed by atoms with E-state index in [9.17, 15) is 18.0 Å². The lowest BCUT2D eigenvalue weighted by Crippen LogP contribution is -2.44. The van der Waals surface area contributed by atoms with Crippen LogP contribution in [0.25, 0.3) is 6.08 Å². The molecule has 0 bridgehead atoms. The fourth-order valence-corrected chi connectivity index (χ4v) is 4.77. The standard InChI is InChI=1S/C17H25N3O5S/c1-11-15(12(2)20(5)18-11)6-7-16(21)25-13(3)17(22)19(4)14-8-9-26(23,24)10-14/h6-7,13-14H,8-10H2,1-5H3/b7-6+/t13-,14+/m0/s1. The molecule has 1 aliphatic heterocycles. The van der Waals surface area contributed by atoms with Crippen LogP contribution in [0.3, 0.4) is 0 Å². The van der Waals surface area contributed by atoms with E-state index in [1.807, 2.05) is 20.9 Å². The summed E-state index contributed by atoms with van der Waals surface area (Å²) < 4.78 is 30.0. The molecule has 9 heteroatoms. The third-order valence-corrected chi connectivity index (χ3v) is 6.45. The molecule has 0 spiro atoms. The monoisotopic (exact) mass is 383 g/mol. The summed E-state index contributed by atoms with van der Waals surface area (Å²) in [7, 11) is 0.266. The summed E-state index contributed by atoms with van der Waals surface area (Å²) in [5, 5.41) is 4.26. The number of aromatic nitrogens is 2. The van der Waals surface area contributed by atoms with Crippen molar-refractivity contribution in [1.29, 1.82) is 0 Å². The summed E-state index contributed by atoms with van der Waals surface area (Å²) in [6, 6.07) is -0.370. The van der Waals surface area contributed by atoms with Crippen LogP contribution in [0.2, 0.25) is 0 Å². The second-order valence-corrected chi connectivity index (χ2v) is 8.86. The summed E-state index contributed by atoms with van der Waals surface area (Å²) in [6.07, 6.45) is 2.30. The number of rotatable bonds is 5. The Balaban J connectivity index is 1.95. The van der Waals surface area contributed by atoms with Gasteiger partial charge >= 0.3 is 5.97 Å². The van der Waals surface area contributed by atoms with Crippen LogP contribution >= 0.6 is 0 Å². The Hall–Kier alpha value is -2.16. The first-order valence-electron chi connectivity index (χ1n) is 8.38. The SMILES string of the molecule is Cc1nn(C)c(C)c1/C=C/C(=O)O[C@@H](C)C(=O)N(C)[C@@H]1CCS(=O)(=O)C1. The van der Waals surface area contributed by atoms with Crippen molar-refractivity contribution in [1.82, 2.24) is 14.7 Å². The molecule has 1 amide bonds. The van der Waals surface area contributed by atoms with Crippen molar-refractivity contribution in [2.24, 2.45) is 7.05 Å². The van der Waals surface area contributed by atoms with E-state index in [2.05, 4.69) is 5.10 Å². The van der Waals surface area contributed by atoms with Gasteiger partial charge in [0, 0.05) is 37.5 Å². The van der Waals surface area contributed by atoms with Gasteiger partial charge in [0.1, 0.15) is 0 Å². The molecule has 2 atom stereocenters. The lowest BCUT2D eigenvalue weighted by molar-refractivity contribution is -0.155. The molecule has 2 heterocycles. The fourth-order valence-electron chi connectivity index (χ4n) is 2.99. The largest absolute Gasteiger partial charge is 0.449 e. The van der Waals surface area contributed by atoms with Gasteiger partial charge in [0.15, 0.2) is 15.9 Å². The Morgan fingerprint density at radius 1 is 1.38 bits per heavy atom.